The third-order valence-electron chi connectivity index (χ3n) is 3.00. The van der Waals surface area contributed by atoms with E-state index in [9.17, 15) is 0 Å². The van der Waals surface area contributed by atoms with E-state index in [0.717, 1.165) is 25.5 Å². The molecule has 2 unspecified atom stereocenters. The molecule has 6 nitrogen and oxygen atoms in total. The topological polar surface area (TPSA) is 46.4 Å². The molecule has 6 heteroatoms. The number of fused-ring (bicyclic) bond motifs is 2. The smallest absolute Gasteiger partial charge is 0.0864 e. The van der Waals surface area contributed by atoms with Gasteiger partial charge in [0.25, 0.3) is 0 Å². The number of hydrogen-bond acceptors (Lipinski definition) is 5. The van der Waals surface area contributed by atoms with Crippen LogP contribution in [0.4, 0.5) is 0 Å². The molecule has 2 atom stereocenters. The molecule has 1 fully saturated rings. The fourth-order valence-electron chi connectivity index (χ4n) is 2.26. The summed E-state index contributed by atoms with van der Waals surface area (Å²) in [5.74, 6) is 0. The summed E-state index contributed by atoms with van der Waals surface area (Å²) in [6, 6.07) is 0.294. The van der Waals surface area contributed by atoms with Gasteiger partial charge in [0.1, 0.15) is 0 Å². The first-order valence-electron chi connectivity index (χ1n) is 5.67. The Morgan fingerprint density at radius 1 is 1.59 bits per heavy atom. The van der Waals surface area contributed by atoms with Crippen molar-refractivity contribution in [1.82, 2.24) is 25.0 Å². The largest absolute Gasteiger partial charge is 0.293 e. The highest BCUT2D eigenvalue weighted by Gasteiger charge is 2.34. The zero-order valence-corrected chi connectivity index (χ0v) is 9.57. The minimum absolute atomic E-state index is 0.294. The molecule has 2 bridgehead atoms. The maximum absolute atomic E-state index is 5.62. The molecule has 0 amide bonds. The van der Waals surface area contributed by atoms with Crippen LogP contribution in [0.15, 0.2) is 31.1 Å². The lowest BCUT2D eigenvalue weighted by Crippen LogP contribution is -2.31. The number of nitrogens with zero attached hydrogens (tertiary/aromatic N) is 5. The standard InChI is InChI=1S/C11H15N5O/c1-2-5-17-16-9-14-7-10(6-11(16)8-14)15-4-3-12-13-15/h2-4,6,11H,1,5,7-9H2. The van der Waals surface area contributed by atoms with Crippen LogP contribution in [-0.4, -0.2) is 57.4 Å². The Morgan fingerprint density at radius 3 is 3.29 bits per heavy atom. The van der Waals surface area contributed by atoms with Gasteiger partial charge in [-0.2, -0.15) is 5.06 Å². The fourth-order valence-corrected chi connectivity index (χ4v) is 2.26. The molecule has 1 saturated heterocycles. The normalized spacial score (nSPS) is 28.1. The van der Waals surface area contributed by atoms with Gasteiger partial charge in [-0.25, -0.2) is 4.68 Å². The summed E-state index contributed by atoms with van der Waals surface area (Å²) < 4.78 is 1.82. The van der Waals surface area contributed by atoms with E-state index in [0.29, 0.717) is 12.6 Å². The predicted molar refractivity (Wildman–Crippen MR) is 62.5 cm³/mol. The van der Waals surface area contributed by atoms with Crippen LogP contribution in [0.1, 0.15) is 0 Å². The first-order valence-corrected chi connectivity index (χ1v) is 5.67. The SMILES string of the molecule is C=CCON1CN2CC(n3ccnn3)=CC1C2. The minimum Gasteiger partial charge on any atom is -0.293 e. The number of hydroxylamine groups is 2. The zero-order chi connectivity index (χ0) is 11.7. The Hall–Kier alpha value is -1.50. The van der Waals surface area contributed by atoms with Crippen LogP contribution in [0.25, 0.3) is 5.70 Å². The average molecular weight is 233 g/mol. The van der Waals surface area contributed by atoms with Gasteiger partial charge in [0, 0.05) is 13.1 Å². The summed E-state index contributed by atoms with van der Waals surface area (Å²) in [5.41, 5.74) is 1.16. The highest BCUT2D eigenvalue weighted by atomic mass is 16.7. The molecule has 17 heavy (non-hydrogen) atoms. The fraction of sp³-hybridized carbons (Fsp3) is 0.455. The van der Waals surface area contributed by atoms with E-state index in [2.05, 4.69) is 27.9 Å². The molecule has 1 aromatic heterocycles. The van der Waals surface area contributed by atoms with Crippen molar-refractivity contribution >= 4 is 5.70 Å². The van der Waals surface area contributed by atoms with Crippen molar-refractivity contribution in [3.05, 3.63) is 31.1 Å². The Morgan fingerprint density at radius 2 is 2.53 bits per heavy atom. The lowest BCUT2D eigenvalue weighted by Gasteiger charge is -2.21. The summed E-state index contributed by atoms with van der Waals surface area (Å²) in [7, 11) is 0. The van der Waals surface area contributed by atoms with Gasteiger partial charge in [0.05, 0.1) is 37.4 Å². The third-order valence-corrected chi connectivity index (χ3v) is 3.00. The molecule has 0 saturated carbocycles. The van der Waals surface area contributed by atoms with E-state index in [-0.39, 0.29) is 0 Å². The molecule has 2 aliphatic rings. The average Bonchev–Trinajstić information content (AvgIpc) is 2.95. The molecule has 3 rings (SSSR count). The van der Waals surface area contributed by atoms with E-state index in [1.54, 1.807) is 12.3 Å². The highest BCUT2D eigenvalue weighted by molar-refractivity contribution is 5.49. The van der Waals surface area contributed by atoms with Crippen molar-refractivity contribution in [2.75, 3.05) is 26.4 Å². The molecule has 2 aliphatic heterocycles. The minimum atomic E-state index is 0.294. The molecule has 0 aliphatic carbocycles. The van der Waals surface area contributed by atoms with Crippen molar-refractivity contribution in [1.29, 1.82) is 0 Å². The third kappa shape index (κ3) is 2.02. The Bertz CT molecular complexity index is 427. The monoisotopic (exact) mass is 233 g/mol. The molecule has 0 spiro atoms. The van der Waals surface area contributed by atoms with E-state index < -0.39 is 0 Å². The Labute approximate surface area is 99.7 Å². The first kappa shape index (κ1) is 10.6. The van der Waals surface area contributed by atoms with Gasteiger partial charge in [0.15, 0.2) is 0 Å². The Balaban J connectivity index is 1.76. The van der Waals surface area contributed by atoms with Crippen LogP contribution < -0.4 is 0 Å². The van der Waals surface area contributed by atoms with Gasteiger partial charge in [-0.05, 0) is 6.08 Å². The molecule has 0 radical (unpaired) electrons. The summed E-state index contributed by atoms with van der Waals surface area (Å²) in [4.78, 5) is 7.94. The van der Waals surface area contributed by atoms with Crippen molar-refractivity contribution in [2.24, 2.45) is 0 Å². The first-order chi connectivity index (χ1) is 8.36. The number of hydrogen-bond donors (Lipinski definition) is 0. The zero-order valence-electron chi connectivity index (χ0n) is 9.57. The van der Waals surface area contributed by atoms with Crippen molar-refractivity contribution in [3.63, 3.8) is 0 Å². The van der Waals surface area contributed by atoms with Crippen LogP contribution >= 0.6 is 0 Å². The van der Waals surface area contributed by atoms with Gasteiger partial charge in [-0.3, -0.25) is 9.74 Å². The lowest BCUT2D eigenvalue weighted by atomic mass is 10.2. The molecule has 0 aromatic carbocycles. The van der Waals surface area contributed by atoms with Gasteiger partial charge in [-0.1, -0.05) is 11.3 Å². The molecular formula is C11H15N5O. The quantitative estimate of drug-likeness (QED) is 0.695. The molecule has 3 heterocycles. The second kappa shape index (κ2) is 4.40. The van der Waals surface area contributed by atoms with E-state index in [4.69, 9.17) is 4.84 Å². The van der Waals surface area contributed by atoms with Gasteiger partial charge in [0.2, 0.25) is 0 Å². The number of rotatable bonds is 4. The van der Waals surface area contributed by atoms with E-state index >= 15 is 0 Å². The maximum Gasteiger partial charge on any atom is 0.0864 e. The molecule has 1 aromatic rings. The Kier molecular flexibility index (Phi) is 2.76. The highest BCUT2D eigenvalue weighted by Crippen LogP contribution is 2.24. The van der Waals surface area contributed by atoms with Crippen molar-refractivity contribution < 1.29 is 4.84 Å². The summed E-state index contributed by atoms with van der Waals surface area (Å²) in [6.07, 6.45) is 7.52. The van der Waals surface area contributed by atoms with E-state index in [1.165, 1.54) is 0 Å². The second-order valence-corrected chi connectivity index (χ2v) is 4.23. The van der Waals surface area contributed by atoms with Crippen LogP contribution in [0.5, 0.6) is 0 Å². The van der Waals surface area contributed by atoms with Gasteiger partial charge < -0.3 is 0 Å². The van der Waals surface area contributed by atoms with Crippen molar-refractivity contribution in [2.45, 2.75) is 6.04 Å². The summed E-state index contributed by atoms with van der Waals surface area (Å²) in [6.45, 7) is 6.93. The van der Waals surface area contributed by atoms with Crippen LogP contribution in [0, 0.1) is 0 Å². The van der Waals surface area contributed by atoms with Crippen LogP contribution in [0.2, 0.25) is 0 Å². The number of aromatic nitrogens is 3. The molecule has 90 valence electrons. The summed E-state index contributed by atoms with van der Waals surface area (Å²) in [5, 5.41) is 9.84. The second-order valence-electron chi connectivity index (χ2n) is 4.23. The van der Waals surface area contributed by atoms with Gasteiger partial charge >= 0.3 is 0 Å². The maximum atomic E-state index is 5.62. The van der Waals surface area contributed by atoms with E-state index in [1.807, 2.05) is 15.9 Å². The molecule has 0 N–H and O–H groups in total. The molecular weight excluding hydrogens is 218 g/mol. The van der Waals surface area contributed by atoms with Crippen LogP contribution in [0.3, 0.4) is 0 Å². The van der Waals surface area contributed by atoms with Gasteiger partial charge in [-0.15, -0.1) is 11.7 Å². The lowest BCUT2D eigenvalue weighted by molar-refractivity contribution is -0.153. The van der Waals surface area contributed by atoms with Crippen molar-refractivity contribution in [3.8, 4) is 0 Å². The van der Waals surface area contributed by atoms with Crippen LogP contribution in [-0.2, 0) is 4.84 Å². The predicted octanol–water partition coefficient (Wildman–Crippen LogP) is 0.194. The summed E-state index contributed by atoms with van der Waals surface area (Å²) >= 11 is 0.